The van der Waals surface area contributed by atoms with E-state index < -0.39 is 18.0 Å². The van der Waals surface area contributed by atoms with E-state index >= 15 is 0 Å². The van der Waals surface area contributed by atoms with Gasteiger partial charge in [-0.3, -0.25) is 4.79 Å². The van der Waals surface area contributed by atoms with Crippen molar-refractivity contribution >= 4 is 40.8 Å². The van der Waals surface area contributed by atoms with E-state index in [2.05, 4.69) is 5.32 Å². The Labute approximate surface area is 155 Å². The standard InChI is InChI=1S/C18H17Cl2NO4/c1-3-24-14-7-4-12(5-8-14)18(23)25-11(2)17(22)21-16-10-13(19)6-9-15(16)20/h4-11H,3H2,1-2H3,(H,21,22)/t11-/m0/s1. The third-order valence-electron chi connectivity index (χ3n) is 3.24. The minimum atomic E-state index is -1.01. The minimum Gasteiger partial charge on any atom is -0.494 e. The van der Waals surface area contributed by atoms with E-state index in [0.29, 0.717) is 33.7 Å². The molecule has 0 aliphatic heterocycles. The molecule has 0 saturated heterocycles. The number of amides is 1. The molecule has 0 radical (unpaired) electrons. The first-order chi connectivity index (χ1) is 11.9. The highest BCUT2D eigenvalue weighted by atomic mass is 35.5. The van der Waals surface area contributed by atoms with Gasteiger partial charge in [-0.15, -0.1) is 0 Å². The Morgan fingerprint density at radius 2 is 1.80 bits per heavy atom. The monoisotopic (exact) mass is 381 g/mol. The molecule has 0 bridgehead atoms. The van der Waals surface area contributed by atoms with Crippen LogP contribution < -0.4 is 10.1 Å². The zero-order valence-electron chi connectivity index (χ0n) is 13.7. The molecule has 25 heavy (non-hydrogen) atoms. The van der Waals surface area contributed by atoms with Gasteiger partial charge in [-0.25, -0.2) is 4.79 Å². The molecule has 0 aromatic heterocycles. The molecule has 2 aromatic rings. The summed E-state index contributed by atoms with van der Waals surface area (Å²) in [6.45, 7) is 3.88. The number of anilines is 1. The first kappa shape index (κ1) is 19.1. The quantitative estimate of drug-likeness (QED) is 0.743. The summed E-state index contributed by atoms with van der Waals surface area (Å²) in [6, 6.07) is 11.2. The molecule has 7 heteroatoms. The summed E-state index contributed by atoms with van der Waals surface area (Å²) in [5, 5.41) is 3.35. The van der Waals surface area contributed by atoms with Crippen LogP contribution in [-0.4, -0.2) is 24.6 Å². The second-order valence-corrected chi connectivity index (χ2v) is 5.96. The van der Waals surface area contributed by atoms with E-state index in [1.54, 1.807) is 36.4 Å². The molecule has 5 nitrogen and oxygen atoms in total. The molecule has 0 aliphatic rings. The Morgan fingerprint density at radius 1 is 1.12 bits per heavy atom. The Hall–Kier alpha value is -2.24. The number of rotatable bonds is 6. The molecule has 0 saturated carbocycles. The number of hydrogen-bond acceptors (Lipinski definition) is 4. The van der Waals surface area contributed by atoms with Crippen LogP contribution in [0.1, 0.15) is 24.2 Å². The van der Waals surface area contributed by atoms with Crippen LogP contribution in [0.25, 0.3) is 0 Å². The molecule has 0 aliphatic carbocycles. The van der Waals surface area contributed by atoms with Crippen molar-refractivity contribution < 1.29 is 19.1 Å². The average Bonchev–Trinajstić information content (AvgIpc) is 2.59. The molecule has 2 rings (SSSR count). The van der Waals surface area contributed by atoms with Gasteiger partial charge in [-0.05, 0) is 56.3 Å². The van der Waals surface area contributed by atoms with Gasteiger partial charge in [0.2, 0.25) is 0 Å². The zero-order valence-corrected chi connectivity index (χ0v) is 15.2. The van der Waals surface area contributed by atoms with Crippen molar-refractivity contribution in [3.05, 3.63) is 58.1 Å². The van der Waals surface area contributed by atoms with Crippen molar-refractivity contribution in [1.29, 1.82) is 0 Å². The van der Waals surface area contributed by atoms with Crippen LogP contribution in [0.3, 0.4) is 0 Å². The van der Waals surface area contributed by atoms with Gasteiger partial charge in [0.25, 0.3) is 5.91 Å². The number of ether oxygens (including phenoxy) is 2. The van der Waals surface area contributed by atoms with Gasteiger partial charge in [0.1, 0.15) is 5.75 Å². The predicted octanol–water partition coefficient (Wildman–Crippen LogP) is 4.58. The molecule has 2 aromatic carbocycles. The number of carbonyl (C=O) groups is 2. The number of esters is 1. The highest BCUT2D eigenvalue weighted by Gasteiger charge is 2.20. The summed E-state index contributed by atoms with van der Waals surface area (Å²) in [4.78, 5) is 24.3. The number of carbonyl (C=O) groups excluding carboxylic acids is 2. The molecular weight excluding hydrogens is 365 g/mol. The maximum Gasteiger partial charge on any atom is 0.338 e. The predicted molar refractivity (Wildman–Crippen MR) is 97.6 cm³/mol. The summed E-state index contributed by atoms with van der Waals surface area (Å²) in [5.41, 5.74) is 0.673. The van der Waals surface area contributed by atoms with Gasteiger partial charge in [0.15, 0.2) is 6.10 Å². The molecule has 1 atom stereocenters. The first-order valence-electron chi connectivity index (χ1n) is 7.60. The summed E-state index contributed by atoms with van der Waals surface area (Å²) in [5.74, 6) is -0.466. The Morgan fingerprint density at radius 3 is 2.44 bits per heavy atom. The van der Waals surface area contributed by atoms with Crippen LogP contribution in [0, 0.1) is 0 Å². The van der Waals surface area contributed by atoms with Crippen LogP contribution in [0.2, 0.25) is 10.0 Å². The summed E-state index contributed by atoms with van der Waals surface area (Å²) >= 11 is 11.9. The Balaban J connectivity index is 1.98. The van der Waals surface area contributed by atoms with Crippen molar-refractivity contribution in [2.75, 3.05) is 11.9 Å². The molecule has 0 fully saturated rings. The number of benzene rings is 2. The summed E-state index contributed by atoms with van der Waals surface area (Å²) < 4.78 is 10.5. The third-order valence-corrected chi connectivity index (χ3v) is 3.81. The topological polar surface area (TPSA) is 64.6 Å². The molecule has 0 heterocycles. The van der Waals surface area contributed by atoms with Crippen LogP contribution in [-0.2, 0) is 9.53 Å². The zero-order chi connectivity index (χ0) is 18.4. The number of nitrogens with one attached hydrogen (secondary N) is 1. The molecular formula is C18H17Cl2NO4. The van der Waals surface area contributed by atoms with E-state index in [4.69, 9.17) is 32.7 Å². The van der Waals surface area contributed by atoms with E-state index in [1.165, 1.54) is 13.0 Å². The highest BCUT2D eigenvalue weighted by Crippen LogP contribution is 2.25. The van der Waals surface area contributed by atoms with Crippen LogP contribution >= 0.6 is 23.2 Å². The second kappa shape index (κ2) is 8.74. The van der Waals surface area contributed by atoms with Gasteiger partial charge < -0.3 is 14.8 Å². The lowest BCUT2D eigenvalue weighted by molar-refractivity contribution is -0.123. The van der Waals surface area contributed by atoms with Crippen LogP contribution in [0.5, 0.6) is 5.75 Å². The molecule has 1 amide bonds. The summed E-state index contributed by atoms with van der Waals surface area (Å²) in [7, 11) is 0. The highest BCUT2D eigenvalue weighted by molar-refractivity contribution is 6.35. The van der Waals surface area contributed by atoms with Crippen molar-refractivity contribution in [3.63, 3.8) is 0 Å². The molecule has 132 valence electrons. The third kappa shape index (κ3) is 5.37. The fraction of sp³-hybridized carbons (Fsp3) is 0.222. The van der Waals surface area contributed by atoms with Crippen molar-refractivity contribution in [1.82, 2.24) is 0 Å². The Bertz CT molecular complexity index is 762. The van der Waals surface area contributed by atoms with Gasteiger partial charge in [0, 0.05) is 5.02 Å². The average molecular weight is 382 g/mol. The van der Waals surface area contributed by atoms with Gasteiger partial charge in [0.05, 0.1) is 22.9 Å². The lowest BCUT2D eigenvalue weighted by Crippen LogP contribution is -2.30. The van der Waals surface area contributed by atoms with E-state index in [9.17, 15) is 9.59 Å². The van der Waals surface area contributed by atoms with E-state index in [0.717, 1.165) is 0 Å². The lowest BCUT2D eigenvalue weighted by Gasteiger charge is -2.14. The second-order valence-electron chi connectivity index (χ2n) is 5.12. The normalized spacial score (nSPS) is 11.5. The summed E-state index contributed by atoms with van der Waals surface area (Å²) in [6.07, 6.45) is -1.01. The Kier molecular flexibility index (Phi) is 6.67. The fourth-order valence-corrected chi connectivity index (χ4v) is 2.30. The molecule has 1 N–H and O–H groups in total. The number of hydrogen-bond donors (Lipinski definition) is 1. The minimum absolute atomic E-state index is 0.323. The SMILES string of the molecule is CCOc1ccc(C(=O)O[C@@H](C)C(=O)Nc2cc(Cl)ccc2Cl)cc1. The van der Waals surface area contributed by atoms with Gasteiger partial charge >= 0.3 is 5.97 Å². The van der Waals surface area contributed by atoms with E-state index in [1.807, 2.05) is 6.92 Å². The fourth-order valence-electron chi connectivity index (χ4n) is 1.96. The van der Waals surface area contributed by atoms with Crippen molar-refractivity contribution in [2.24, 2.45) is 0 Å². The van der Waals surface area contributed by atoms with Crippen molar-refractivity contribution in [3.8, 4) is 5.75 Å². The largest absolute Gasteiger partial charge is 0.494 e. The molecule has 0 unspecified atom stereocenters. The van der Waals surface area contributed by atoms with Gasteiger partial charge in [-0.1, -0.05) is 23.2 Å². The van der Waals surface area contributed by atoms with Crippen molar-refractivity contribution in [2.45, 2.75) is 20.0 Å². The van der Waals surface area contributed by atoms with E-state index in [-0.39, 0.29) is 0 Å². The number of halogens is 2. The lowest BCUT2D eigenvalue weighted by atomic mass is 10.2. The first-order valence-corrected chi connectivity index (χ1v) is 8.36. The molecule has 0 spiro atoms. The maximum absolute atomic E-state index is 12.2. The maximum atomic E-state index is 12.2. The van der Waals surface area contributed by atoms with Crippen LogP contribution in [0.4, 0.5) is 5.69 Å². The smallest absolute Gasteiger partial charge is 0.338 e. The van der Waals surface area contributed by atoms with Gasteiger partial charge in [-0.2, -0.15) is 0 Å². The van der Waals surface area contributed by atoms with Crippen LogP contribution in [0.15, 0.2) is 42.5 Å².